The maximum absolute atomic E-state index is 13.6. The first-order valence-electron chi connectivity index (χ1n) is 8.41. The van der Waals surface area contributed by atoms with Gasteiger partial charge in [-0.2, -0.15) is 0 Å². The third-order valence-corrected chi connectivity index (χ3v) is 4.84. The normalized spacial score (nSPS) is 15.2. The molecule has 1 heterocycles. The summed E-state index contributed by atoms with van der Waals surface area (Å²) in [6, 6.07) is 8.78. The summed E-state index contributed by atoms with van der Waals surface area (Å²) in [5, 5.41) is 3.13. The number of carbonyl (C=O) groups excluding carboxylic acids is 1. The van der Waals surface area contributed by atoms with E-state index in [4.69, 9.17) is 11.6 Å². The summed E-state index contributed by atoms with van der Waals surface area (Å²) in [6.45, 7) is 4.76. The van der Waals surface area contributed by atoms with E-state index in [2.05, 4.69) is 10.2 Å². The first-order valence-corrected chi connectivity index (χ1v) is 8.78. The number of hydrogen-bond donors (Lipinski definition) is 1. The van der Waals surface area contributed by atoms with Crippen molar-refractivity contribution in [1.82, 2.24) is 9.80 Å². The second kappa shape index (κ2) is 8.01. The van der Waals surface area contributed by atoms with Crippen LogP contribution in [0.4, 0.5) is 19.3 Å². The Bertz CT molecular complexity index is 807. The molecule has 2 aromatic carbocycles. The van der Waals surface area contributed by atoms with Gasteiger partial charge in [0.2, 0.25) is 0 Å². The summed E-state index contributed by atoms with van der Waals surface area (Å²) in [4.78, 5) is 16.2. The van der Waals surface area contributed by atoms with Crippen LogP contribution in [0.5, 0.6) is 0 Å². The van der Waals surface area contributed by atoms with Crippen LogP contribution in [0, 0.1) is 18.6 Å². The van der Waals surface area contributed by atoms with Gasteiger partial charge in [0.1, 0.15) is 11.6 Å². The molecule has 0 unspecified atom stereocenters. The topological polar surface area (TPSA) is 35.6 Å². The molecule has 3 rings (SSSR count). The van der Waals surface area contributed by atoms with Crippen LogP contribution in [0.2, 0.25) is 5.02 Å². The van der Waals surface area contributed by atoms with Crippen LogP contribution in [-0.4, -0.2) is 42.0 Å². The molecule has 0 bridgehead atoms. The Morgan fingerprint density at radius 1 is 1.12 bits per heavy atom. The number of carbonyl (C=O) groups is 1. The van der Waals surface area contributed by atoms with E-state index in [1.54, 1.807) is 30.0 Å². The third kappa shape index (κ3) is 4.51. The van der Waals surface area contributed by atoms with Gasteiger partial charge < -0.3 is 10.2 Å². The zero-order chi connectivity index (χ0) is 18.7. The standard InChI is InChI=1S/C19H20ClF2N3O/c1-13-2-5-16(11-18(13)22)23-19(26)25-8-6-24(7-9-25)12-14-3-4-15(21)10-17(14)20/h2-5,10-11H,6-9,12H2,1H3,(H,23,26). The van der Waals surface area contributed by atoms with Crippen molar-refractivity contribution in [3.8, 4) is 0 Å². The van der Waals surface area contributed by atoms with Crippen molar-refractivity contribution >= 4 is 23.3 Å². The van der Waals surface area contributed by atoms with E-state index >= 15 is 0 Å². The lowest BCUT2D eigenvalue weighted by atomic mass is 10.2. The van der Waals surface area contributed by atoms with Crippen LogP contribution in [0.1, 0.15) is 11.1 Å². The lowest BCUT2D eigenvalue weighted by Crippen LogP contribution is -2.49. The molecule has 4 nitrogen and oxygen atoms in total. The number of nitrogens with zero attached hydrogens (tertiary/aromatic N) is 2. The average molecular weight is 380 g/mol. The molecule has 0 spiro atoms. The molecule has 26 heavy (non-hydrogen) atoms. The highest BCUT2D eigenvalue weighted by molar-refractivity contribution is 6.31. The van der Waals surface area contributed by atoms with Crippen LogP contribution >= 0.6 is 11.6 Å². The number of nitrogens with one attached hydrogen (secondary N) is 1. The average Bonchev–Trinajstić information content (AvgIpc) is 2.61. The minimum atomic E-state index is -0.354. The molecule has 0 radical (unpaired) electrons. The number of anilines is 1. The molecular weight excluding hydrogens is 360 g/mol. The van der Waals surface area contributed by atoms with Gasteiger partial charge in [-0.25, -0.2) is 13.6 Å². The molecule has 138 valence electrons. The zero-order valence-corrected chi connectivity index (χ0v) is 15.2. The Morgan fingerprint density at radius 2 is 1.85 bits per heavy atom. The number of urea groups is 1. The molecule has 0 atom stereocenters. The van der Waals surface area contributed by atoms with Crippen molar-refractivity contribution in [2.75, 3.05) is 31.5 Å². The molecule has 0 aromatic heterocycles. The zero-order valence-electron chi connectivity index (χ0n) is 14.4. The second-order valence-electron chi connectivity index (χ2n) is 6.39. The van der Waals surface area contributed by atoms with Crippen LogP contribution in [0.25, 0.3) is 0 Å². The Morgan fingerprint density at radius 3 is 2.50 bits per heavy atom. The van der Waals surface area contributed by atoms with E-state index in [-0.39, 0.29) is 17.7 Å². The van der Waals surface area contributed by atoms with Crippen molar-refractivity contribution in [2.45, 2.75) is 13.5 Å². The van der Waals surface area contributed by atoms with Gasteiger partial charge in [-0.3, -0.25) is 4.90 Å². The minimum Gasteiger partial charge on any atom is -0.322 e. The van der Waals surface area contributed by atoms with Crippen molar-refractivity contribution in [3.05, 3.63) is 64.2 Å². The molecule has 2 amide bonds. The molecule has 0 aliphatic carbocycles. The van der Waals surface area contributed by atoms with E-state index < -0.39 is 0 Å². The predicted molar refractivity (Wildman–Crippen MR) is 98.4 cm³/mol. The minimum absolute atomic E-state index is 0.243. The number of hydrogen-bond acceptors (Lipinski definition) is 2. The molecule has 1 saturated heterocycles. The second-order valence-corrected chi connectivity index (χ2v) is 6.80. The highest BCUT2D eigenvalue weighted by atomic mass is 35.5. The Labute approximate surface area is 156 Å². The van der Waals surface area contributed by atoms with Crippen molar-refractivity contribution in [3.63, 3.8) is 0 Å². The van der Waals surface area contributed by atoms with Gasteiger partial charge >= 0.3 is 6.03 Å². The van der Waals surface area contributed by atoms with E-state index in [0.717, 1.165) is 5.56 Å². The molecule has 0 saturated carbocycles. The van der Waals surface area contributed by atoms with Gasteiger partial charge in [0.05, 0.1) is 0 Å². The molecular formula is C19H20ClF2N3O. The highest BCUT2D eigenvalue weighted by Gasteiger charge is 2.22. The van der Waals surface area contributed by atoms with Crippen molar-refractivity contribution in [1.29, 1.82) is 0 Å². The van der Waals surface area contributed by atoms with Crippen LogP contribution < -0.4 is 5.32 Å². The lowest BCUT2D eigenvalue weighted by Gasteiger charge is -2.34. The van der Waals surface area contributed by atoms with Crippen molar-refractivity contribution in [2.24, 2.45) is 0 Å². The lowest BCUT2D eigenvalue weighted by molar-refractivity contribution is 0.143. The van der Waals surface area contributed by atoms with Crippen LogP contribution in [-0.2, 0) is 6.54 Å². The maximum atomic E-state index is 13.6. The van der Waals surface area contributed by atoms with E-state index in [1.807, 2.05) is 0 Å². The fourth-order valence-corrected chi connectivity index (χ4v) is 3.10. The maximum Gasteiger partial charge on any atom is 0.321 e. The largest absolute Gasteiger partial charge is 0.322 e. The number of piperazine rings is 1. The molecule has 2 aromatic rings. The number of halogens is 3. The Hall–Kier alpha value is -2.18. The fourth-order valence-electron chi connectivity index (χ4n) is 2.87. The van der Waals surface area contributed by atoms with Gasteiger partial charge in [0, 0.05) is 43.4 Å². The highest BCUT2D eigenvalue weighted by Crippen LogP contribution is 2.20. The van der Waals surface area contributed by atoms with E-state index in [9.17, 15) is 13.6 Å². The van der Waals surface area contributed by atoms with Gasteiger partial charge in [-0.05, 0) is 42.3 Å². The monoisotopic (exact) mass is 379 g/mol. The van der Waals surface area contributed by atoms with E-state index in [0.29, 0.717) is 49.0 Å². The third-order valence-electron chi connectivity index (χ3n) is 4.49. The summed E-state index contributed by atoms with van der Waals surface area (Å²) in [5.41, 5.74) is 1.84. The van der Waals surface area contributed by atoms with Gasteiger partial charge in [-0.1, -0.05) is 23.7 Å². The number of aryl methyl sites for hydroxylation is 1. The van der Waals surface area contributed by atoms with Crippen LogP contribution in [0.3, 0.4) is 0 Å². The summed E-state index contributed by atoms with van der Waals surface area (Å²) < 4.78 is 26.7. The Kier molecular flexibility index (Phi) is 5.74. The fraction of sp³-hybridized carbons (Fsp3) is 0.316. The quantitative estimate of drug-likeness (QED) is 0.864. The van der Waals surface area contributed by atoms with Gasteiger partial charge in [0.25, 0.3) is 0 Å². The SMILES string of the molecule is Cc1ccc(NC(=O)N2CCN(Cc3ccc(F)cc3Cl)CC2)cc1F. The van der Waals surface area contributed by atoms with Gasteiger partial charge in [0.15, 0.2) is 0 Å². The molecule has 7 heteroatoms. The summed E-state index contributed by atoms with van der Waals surface area (Å²) in [5.74, 6) is -0.698. The molecule has 1 N–H and O–H groups in total. The molecule has 1 fully saturated rings. The molecule has 1 aliphatic heterocycles. The van der Waals surface area contributed by atoms with Crippen molar-refractivity contribution < 1.29 is 13.6 Å². The first kappa shape index (κ1) is 18.6. The van der Waals surface area contributed by atoms with Crippen LogP contribution in [0.15, 0.2) is 36.4 Å². The number of benzene rings is 2. The summed E-state index contributed by atoms with van der Waals surface area (Å²) >= 11 is 6.07. The number of amides is 2. The molecule has 1 aliphatic rings. The number of rotatable bonds is 3. The Balaban J connectivity index is 1.52. The smallest absolute Gasteiger partial charge is 0.321 e. The van der Waals surface area contributed by atoms with E-state index in [1.165, 1.54) is 18.2 Å². The first-order chi connectivity index (χ1) is 12.4. The predicted octanol–water partition coefficient (Wildman–Crippen LogP) is 4.28. The summed E-state index contributed by atoms with van der Waals surface area (Å²) in [7, 11) is 0. The van der Waals surface area contributed by atoms with Gasteiger partial charge in [-0.15, -0.1) is 0 Å². The summed E-state index contributed by atoms with van der Waals surface area (Å²) in [6.07, 6.45) is 0.